The predicted molar refractivity (Wildman–Crippen MR) is 77.0 cm³/mol. The third-order valence-electron chi connectivity index (χ3n) is 4.07. The summed E-state index contributed by atoms with van der Waals surface area (Å²) in [4.78, 5) is 27.5. The summed E-state index contributed by atoms with van der Waals surface area (Å²) in [6, 6.07) is 3.63. The molecule has 2 aliphatic rings. The van der Waals surface area contributed by atoms with Gasteiger partial charge in [0.25, 0.3) is 5.91 Å². The topological polar surface area (TPSA) is 65.8 Å². The zero-order valence-corrected chi connectivity index (χ0v) is 12.1. The summed E-state index contributed by atoms with van der Waals surface area (Å²) in [6.07, 6.45) is 1.24. The highest BCUT2D eigenvalue weighted by atomic mass is 16.4. The van der Waals surface area contributed by atoms with Crippen LogP contribution in [0, 0.1) is 0 Å². The van der Waals surface area contributed by atoms with Gasteiger partial charge in [-0.25, -0.2) is 0 Å². The average molecular weight is 291 g/mol. The van der Waals surface area contributed by atoms with Crippen LogP contribution in [0.4, 0.5) is 0 Å². The van der Waals surface area contributed by atoms with Gasteiger partial charge in [-0.15, -0.1) is 0 Å². The molecule has 0 atom stereocenters. The fourth-order valence-corrected chi connectivity index (χ4v) is 2.78. The lowest BCUT2D eigenvalue weighted by Crippen LogP contribution is -2.46. The SMILES string of the molecule is O=C1CCN(Cc2ccc(C(=O)N3CCNCC3)o2)CC1. The molecule has 0 saturated carbocycles. The number of nitrogens with zero attached hydrogens (tertiary/aromatic N) is 2. The highest BCUT2D eigenvalue weighted by molar-refractivity contribution is 5.91. The van der Waals surface area contributed by atoms with Gasteiger partial charge in [0.05, 0.1) is 6.54 Å². The Kier molecular flexibility index (Phi) is 4.36. The van der Waals surface area contributed by atoms with Crippen molar-refractivity contribution in [3.8, 4) is 0 Å². The number of piperazine rings is 1. The Labute approximate surface area is 124 Å². The van der Waals surface area contributed by atoms with E-state index in [0.29, 0.717) is 30.9 Å². The maximum Gasteiger partial charge on any atom is 0.289 e. The molecule has 6 nitrogen and oxygen atoms in total. The summed E-state index contributed by atoms with van der Waals surface area (Å²) in [6.45, 7) is 5.35. The van der Waals surface area contributed by atoms with Gasteiger partial charge < -0.3 is 14.6 Å². The standard InChI is InChI=1S/C15H21N3O3/c19-12-3-7-17(8-4-12)11-13-1-2-14(21-13)15(20)18-9-5-16-6-10-18/h1-2,16H,3-11H2. The van der Waals surface area contributed by atoms with Crippen molar-refractivity contribution < 1.29 is 14.0 Å². The van der Waals surface area contributed by atoms with Gasteiger partial charge in [0.1, 0.15) is 11.5 Å². The van der Waals surface area contributed by atoms with Gasteiger partial charge in [0.2, 0.25) is 0 Å². The van der Waals surface area contributed by atoms with Crippen molar-refractivity contribution in [3.63, 3.8) is 0 Å². The van der Waals surface area contributed by atoms with E-state index < -0.39 is 0 Å². The Hall–Kier alpha value is -1.66. The van der Waals surface area contributed by atoms with E-state index in [1.807, 2.05) is 11.0 Å². The molecular weight excluding hydrogens is 270 g/mol. The molecule has 1 N–H and O–H groups in total. The molecular formula is C15H21N3O3. The van der Waals surface area contributed by atoms with Crippen LogP contribution in [-0.4, -0.2) is 60.8 Å². The van der Waals surface area contributed by atoms with Crippen LogP contribution in [0.2, 0.25) is 0 Å². The molecule has 1 amide bonds. The van der Waals surface area contributed by atoms with E-state index in [9.17, 15) is 9.59 Å². The lowest BCUT2D eigenvalue weighted by Gasteiger charge is -2.26. The number of piperidine rings is 1. The molecule has 6 heteroatoms. The number of amides is 1. The lowest BCUT2D eigenvalue weighted by atomic mass is 10.1. The fourth-order valence-electron chi connectivity index (χ4n) is 2.78. The third kappa shape index (κ3) is 3.51. The minimum Gasteiger partial charge on any atom is -0.455 e. The predicted octanol–water partition coefficient (Wildman–Crippen LogP) is 0.490. The number of likely N-dealkylation sites (tertiary alicyclic amines) is 1. The zero-order valence-electron chi connectivity index (χ0n) is 12.1. The molecule has 21 heavy (non-hydrogen) atoms. The van der Waals surface area contributed by atoms with Crippen LogP contribution in [0.1, 0.15) is 29.2 Å². The second-order valence-corrected chi connectivity index (χ2v) is 5.62. The first-order valence-corrected chi connectivity index (χ1v) is 7.55. The van der Waals surface area contributed by atoms with Crippen LogP contribution in [0.15, 0.2) is 16.5 Å². The van der Waals surface area contributed by atoms with Gasteiger partial charge in [-0.2, -0.15) is 0 Å². The van der Waals surface area contributed by atoms with Crippen LogP contribution in [0.5, 0.6) is 0 Å². The lowest BCUT2D eigenvalue weighted by molar-refractivity contribution is -0.121. The maximum atomic E-state index is 12.3. The van der Waals surface area contributed by atoms with Gasteiger partial charge in [0.15, 0.2) is 5.76 Å². The Morgan fingerprint density at radius 2 is 1.86 bits per heavy atom. The number of nitrogens with one attached hydrogen (secondary N) is 1. The molecule has 2 saturated heterocycles. The Morgan fingerprint density at radius 1 is 1.14 bits per heavy atom. The summed E-state index contributed by atoms with van der Waals surface area (Å²) in [7, 11) is 0. The quantitative estimate of drug-likeness (QED) is 0.878. The highest BCUT2D eigenvalue weighted by Gasteiger charge is 2.22. The van der Waals surface area contributed by atoms with Crippen molar-refractivity contribution in [1.82, 2.24) is 15.1 Å². The average Bonchev–Trinajstić information content (AvgIpc) is 2.98. The van der Waals surface area contributed by atoms with Crippen LogP contribution in [0.3, 0.4) is 0 Å². The minimum atomic E-state index is -0.0310. The molecule has 3 heterocycles. The summed E-state index contributed by atoms with van der Waals surface area (Å²) < 4.78 is 5.69. The van der Waals surface area contributed by atoms with E-state index in [0.717, 1.165) is 45.0 Å². The first-order valence-electron chi connectivity index (χ1n) is 7.55. The van der Waals surface area contributed by atoms with E-state index in [-0.39, 0.29) is 5.91 Å². The molecule has 0 unspecified atom stereocenters. The smallest absolute Gasteiger partial charge is 0.289 e. The van der Waals surface area contributed by atoms with E-state index in [4.69, 9.17) is 4.42 Å². The number of hydrogen-bond acceptors (Lipinski definition) is 5. The van der Waals surface area contributed by atoms with Crippen molar-refractivity contribution in [2.45, 2.75) is 19.4 Å². The summed E-state index contributed by atoms with van der Waals surface area (Å²) in [5.74, 6) is 1.51. The molecule has 1 aromatic rings. The second-order valence-electron chi connectivity index (χ2n) is 5.62. The Morgan fingerprint density at radius 3 is 2.57 bits per heavy atom. The van der Waals surface area contributed by atoms with Gasteiger partial charge in [-0.1, -0.05) is 0 Å². The number of ketones is 1. The van der Waals surface area contributed by atoms with Gasteiger partial charge in [-0.3, -0.25) is 14.5 Å². The summed E-state index contributed by atoms with van der Waals surface area (Å²) in [5.41, 5.74) is 0. The van der Waals surface area contributed by atoms with E-state index in [1.54, 1.807) is 6.07 Å². The normalized spacial score (nSPS) is 20.8. The van der Waals surface area contributed by atoms with Crippen LogP contribution in [0.25, 0.3) is 0 Å². The van der Waals surface area contributed by atoms with E-state index >= 15 is 0 Å². The molecule has 3 rings (SSSR count). The number of carbonyl (C=O) groups is 2. The van der Waals surface area contributed by atoms with Crippen molar-refractivity contribution in [2.75, 3.05) is 39.3 Å². The number of Topliss-reactive ketones (excluding diaryl/α,β-unsaturated/α-hetero) is 1. The minimum absolute atomic E-state index is 0.0310. The first-order chi connectivity index (χ1) is 10.2. The summed E-state index contributed by atoms with van der Waals surface area (Å²) >= 11 is 0. The van der Waals surface area contributed by atoms with Crippen LogP contribution < -0.4 is 5.32 Å². The second kappa shape index (κ2) is 6.41. The fraction of sp³-hybridized carbons (Fsp3) is 0.600. The molecule has 2 fully saturated rings. The largest absolute Gasteiger partial charge is 0.455 e. The highest BCUT2D eigenvalue weighted by Crippen LogP contribution is 2.15. The van der Waals surface area contributed by atoms with Gasteiger partial charge in [0, 0.05) is 52.1 Å². The van der Waals surface area contributed by atoms with E-state index in [2.05, 4.69) is 10.2 Å². The van der Waals surface area contributed by atoms with Crippen molar-refractivity contribution >= 4 is 11.7 Å². The summed E-state index contributed by atoms with van der Waals surface area (Å²) in [5, 5.41) is 3.23. The number of furan rings is 1. The van der Waals surface area contributed by atoms with Crippen LogP contribution >= 0.6 is 0 Å². The first kappa shape index (κ1) is 14.3. The molecule has 2 aliphatic heterocycles. The molecule has 1 aromatic heterocycles. The van der Waals surface area contributed by atoms with Gasteiger partial charge in [-0.05, 0) is 12.1 Å². The third-order valence-corrected chi connectivity index (χ3v) is 4.07. The molecule has 0 spiro atoms. The van der Waals surface area contributed by atoms with Crippen molar-refractivity contribution in [1.29, 1.82) is 0 Å². The Bertz CT molecular complexity index is 510. The maximum absolute atomic E-state index is 12.3. The molecule has 0 radical (unpaired) electrons. The van der Waals surface area contributed by atoms with E-state index in [1.165, 1.54) is 0 Å². The van der Waals surface area contributed by atoms with Gasteiger partial charge >= 0.3 is 0 Å². The van der Waals surface area contributed by atoms with Crippen LogP contribution in [-0.2, 0) is 11.3 Å². The Balaban J connectivity index is 1.58. The monoisotopic (exact) mass is 291 g/mol. The zero-order chi connectivity index (χ0) is 14.7. The van der Waals surface area contributed by atoms with Crippen molar-refractivity contribution in [2.24, 2.45) is 0 Å². The number of carbonyl (C=O) groups excluding carboxylic acids is 2. The molecule has 0 bridgehead atoms. The number of rotatable bonds is 3. The molecule has 0 aliphatic carbocycles. The molecule has 114 valence electrons. The van der Waals surface area contributed by atoms with Crippen molar-refractivity contribution in [3.05, 3.63) is 23.7 Å². The number of hydrogen-bond donors (Lipinski definition) is 1. The molecule has 0 aromatic carbocycles.